The molecule has 1 aromatic carbocycles. The first kappa shape index (κ1) is 16.1. The quantitative estimate of drug-likeness (QED) is 0.615. The van der Waals surface area contributed by atoms with Gasteiger partial charge in [0.25, 0.3) is 0 Å². The molecule has 4 nitrogen and oxygen atoms in total. The molecule has 0 fully saturated rings. The highest BCUT2D eigenvalue weighted by Gasteiger charge is 2.06. The minimum absolute atomic E-state index is 0.408. The van der Waals surface area contributed by atoms with Crippen LogP contribution in [0.25, 0.3) is 0 Å². The van der Waals surface area contributed by atoms with Gasteiger partial charge in [-0.3, -0.25) is 4.99 Å². The van der Waals surface area contributed by atoms with Gasteiger partial charge in [0.15, 0.2) is 5.82 Å². The molecule has 4 heteroatoms. The van der Waals surface area contributed by atoms with Gasteiger partial charge in [0.1, 0.15) is 12.0 Å². The van der Waals surface area contributed by atoms with E-state index in [4.69, 9.17) is 0 Å². The predicted octanol–water partition coefficient (Wildman–Crippen LogP) is 4.19. The zero-order valence-electron chi connectivity index (χ0n) is 13.6. The van der Waals surface area contributed by atoms with Crippen LogP contribution in [-0.2, 0) is 6.42 Å². The summed E-state index contributed by atoms with van der Waals surface area (Å²) in [7, 11) is 0. The summed E-state index contributed by atoms with van der Waals surface area (Å²) in [5.74, 6) is 1.22. The van der Waals surface area contributed by atoms with Gasteiger partial charge in [0.05, 0.1) is 5.69 Å². The molecule has 0 amide bonds. The van der Waals surface area contributed by atoms with E-state index in [9.17, 15) is 0 Å². The molecule has 1 aromatic heterocycles. The number of aryl methyl sites for hydroxylation is 2. The summed E-state index contributed by atoms with van der Waals surface area (Å²) < 4.78 is 0. The van der Waals surface area contributed by atoms with Crippen molar-refractivity contribution in [3.05, 3.63) is 47.9 Å². The number of nitrogens with one attached hydrogen (secondary N) is 1. The van der Waals surface area contributed by atoms with Crippen molar-refractivity contribution in [3.8, 4) is 0 Å². The molecule has 0 unspecified atom stereocenters. The third kappa shape index (κ3) is 4.95. The van der Waals surface area contributed by atoms with Gasteiger partial charge in [-0.05, 0) is 31.2 Å². The fourth-order valence-electron chi connectivity index (χ4n) is 2.12. The Labute approximate surface area is 132 Å². The summed E-state index contributed by atoms with van der Waals surface area (Å²) in [6, 6.07) is 10.5. The summed E-state index contributed by atoms with van der Waals surface area (Å²) in [4.78, 5) is 13.1. The monoisotopic (exact) mass is 296 g/mol. The molecular weight excluding hydrogens is 272 g/mol. The maximum atomic E-state index is 4.53. The van der Waals surface area contributed by atoms with Gasteiger partial charge < -0.3 is 5.32 Å². The largest absolute Gasteiger partial charge is 0.368 e. The highest BCUT2D eigenvalue weighted by molar-refractivity contribution is 5.72. The number of hydrogen-bond acceptors (Lipinski definition) is 4. The van der Waals surface area contributed by atoms with E-state index in [1.807, 2.05) is 19.2 Å². The molecule has 1 N–H and O–H groups in total. The van der Waals surface area contributed by atoms with Crippen molar-refractivity contribution >= 4 is 17.7 Å². The van der Waals surface area contributed by atoms with E-state index in [0.29, 0.717) is 5.92 Å². The molecule has 0 saturated carbocycles. The fourth-order valence-corrected chi connectivity index (χ4v) is 2.12. The first-order chi connectivity index (χ1) is 10.7. The molecular formula is C18H24N4. The first-order valence-corrected chi connectivity index (χ1v) is 7.80. The normalized spacial score (nSPS) is 11.3. The summed E-state index contributed by atoms with van der Waals surface area (Å²) in [6.45, 7) is 7.05. The number of aromatic nitrogens is 2. The Kier molecular flexibility index (Phi) is 6.07. The number of anilines is 1. The van der Waals surface area contributed by atoms with E-state index in [0.717, 1.165) is 36.6 Å². The first-order valence-electron chi connectivity index (χ1n) is 7.80. The van der Waals surface area contributed by atoms with Crippen molar-refractivity contribution in [1.29, 1.82) is 0 Å². The van der Waals surface area contributed by atoms with Crippen LogP contribution in [0.1, 0.15) is 31.5 Å². The number of hydrogen-bond donors (Lipinski definition) is 1. The average Bonchev–Trinajstić information content (AvgIpc) is 2.51. The minimum atomic E-state index is 0.408. The third-order valence-corrected chi connectivity index (χ3v) is 3.28. The van der Waals surface area contributed by atoms with E-state index < -0.39 is 0 Å². The smallest absolute Gasteiger partial charge is 0.155 e. The number of aliphatic imine (C=N–C) groups is 1. The van der Waals surface area contributed by atoms with Crippen LogP contribution in [0.3, 0.4) is 0 Å². The standard InChI is InChI=1S/C18H24N4/c1-14(2)12-20-17-15(3)21-13-22-18(17)19-11-7-10-16-8-5-4-6-9-16/h4-6,8-9,12-14H,7,10-11H2,1-3H3,(H,19,21,22). The maximum absolute atomic E-state index is 4.53. The second-order valence-electron chi connectivity index (χ2n) is 5.69. The molecule has 0 aliphatic heterocycles. The van der Waals surface area contributed by atoms with Crippen molar-refractivity contribution in [2.24, 2.45) is 10.9 Å². The van der Waals surface area contributed by atoms with Crippen LogP contribution in [0.5, 0.6) is 0 Å². The molecule has 22 heavy (non-hydrogen) atoms. The number of benzene rings is 1. The lowest BCUT2D eigenvalue weighted by Gasteiger charge is -2.10. The van der Waals surface area contributed by atoms with E-state index >= 15 is 0 Å². The molecule has 0 spiro atoms. The van der Waals surface area contributed by atoms with Crippen LogP contribution in [0.15, 0.2) is 41.7 Å². The van der Waals surface area contributed by atoms with Gasteiger partial charge in [-0.2, -0.15) is 0 Å². The Hall–Kier alpha value is -2.23. The minimum Gasteiger partial charge on any atom is -0.368 e. The van der Waals surface area contributed by atoms with Crippen LogP contribution in [0.4, 0.5) is 11.5 Å². The molecule has 2 aromatic rings. The summed E-state index contributed by atoms with van der Waals surface area (Å²) >= 11 is 0. The zero-order valence-corrected chi connectivity index (χ0v) is 13.6. The summed E-state index contributed by atoms with van der Waals surface area (Å²) in [6.07, 6.45) is 5.63. The van der Waals surface area contributed by atoms with E-state index in [2.05, 4.69) is 58.4 Å². The summed E-state index contributed by atoms with van der Waals surface area (Å²) in [5, 5.41) is 3.38. The Morgan fingerprint density at radius 3 is 2.68 bits per heavy atom. The van der Waals surface area contributed by atoms with Crippen molar-refractivity contribution < 1.29 is 0 Å². The Balaban J connectivity index is 1.93. The maximum Gasteiger partial charge on any atom is 0.155 e. The van der Waals surface area contributed by atoms with E-state index in [1.54, 1.807) is 6.33 Å². The number of rotatable bonds is 7. The van der Waals surface area contributed by atoms with Gasteiger partial charge in [-0.1, -0.05) is 44.2 Å². The summed E-state index contributed by atoms with van der Waals surface area (Å²) in [5.41, 5.74) is 3.11. The van der Waals surface area contributed by atoms with Crippen molar-refractivity contribution in [1.82, 2.24) is 9.97 Å². The second kappa shape index (κ2) is 8.27. The van der Waals surface area contributed by atoms with Crippen molar-refractivity contribution in [3.63, 3.8) is 0 Å². The molecule has 1 heterocycles. The van der Waals surface area contributed by atoms with Gasteiger partial charge >= 0.3 is 0 Å². The Bertz CT molecular complexity index is 606. The molecule has 2 rings (SSSR count). The Morgan fingerprint density at radius 2 is 1.95 bits per heavy atom. The lowest BCUT2D eigenvalue weighted by atomic mass is 10.1. The molecule has 0 radical (unpaired) electrons. The highest BCUT2D eigenvalue weighted by atomic mass is 15.0. The third-order valence-electron chi connectivity index (χ3n) is 3.28. The van der Waals surface area contributed by atoms with Gasteiger partial charge in [-0.15, -0.1) is 0 Å². The lowest BCUT2D eigenvalue weighted by Crippen LogP contribution is -2.06. The molecule has 0 atom stereocenters. The molecule has 0 aliphatic carbocycles. The lowest BCUT2D eigenvalue weighted by molar-refractivity contribution is 0.857. The Morgan fingerprint density at radius 1 is 1.18 bits per heavy atom. The van der Waals surface area contributed by atoms with Crippen LogP contribution >= 0.6 is 0 Å². The van der Waals surface area contributed by atoms with E-state index in [1.165, 1.54) is 5.56 Å². The second-order valence-corrected chi connectivity index (χ2v) is 5.69. The van der Waals surface area contributed by atoms with Crippen molar-refractivity contribution in [2.45, 2.75) is 33.6 Å². The van der Waals surface area contributed by atoms with Gasteiger partial charge in [-0.25, -0.2) is 9.97 Å². The topological polar surface area (TPSA) is 50.2 Å². The van der Waals surface area contributed by atoms with Crippen LogP contribution in [-0.4, -0.2) is 22.7 Å². The number of nitrogens with zero attached hydrogens (tertiary/aromatic N) is 3. The molecule has 0 saturated heterocycles. The van der Waals surface area contributed by atoms with Crippen LogP contribution in [0, 0.1) is 12.8 Å². The zero-order chi connectivity index (χ0) is 15.8. The average molecular weight is 296 g/mol. The fraction of sp³-hybridized carbons (Fsp3) is 0.389. The molecule has 0 bridgehead atoms. The van der Waals surface area contributed by atoms with Gasteiger partial charge in [0, 0.05) is 12.8 Å². The highest BCUT2D eigenvalue weighted by Crippen LogP contribution is 2.24. The van der Waals surface area contributed by atoms with Crippen LogP contribution in [0.2, 0.25) is 0 Å². The van der Waals surface area contributed by atoms with Gasteiger partial charge in [0.2, 0.25) is 0 Å². The van der Waals surface area contributed by atoms with E-state index in [-0.39, 0.29) is 0 Å². The SMILES string of the molecule is Cc1ncnc(NCCCc2ccccc2)c1N=CC(C)C. The molecule has 116 valence electrons. The predicted molar refractivity (Wildman–Crippen MR) is 93.0 cm³/mol. The molecule has 0 aliphatic rings. The van der Waals surface area contributed by atoms with Crippen molar-refractivity contribution in [2.75, 3.05) is 11.9 Å². The van der Waals surface area contributed by atoms with Crippen LogP contribution < -0.4 is 5.32 Å².